The zero-order valence-electron chi connectivity index (χ0n) is 16.2. The third kappa shape index (κ3) is 2.70. The molecule has 4 rings (SSSR count). The van der Waals surface area contributed by atoms with Crippen LogP contribution in [0, 0.1) is 0 Å². The Kier molecular flexibility index (Phi) is 3.69. The predicted molar refractivity (Wildman–Crippen MR) is 108 cm³/mol. The fourth-order valence-electron chi connectivity index (χ4n) is 3.88. The van der Waals surface area contributed by atoms with Crippen molar-refractivity contribution in [3.63, 3.8) is 0 Å². The molecule has 2 aromatic heterocycles. The Labute approximate surface area is 154 Å². The fraction of sp³-hybridized carbons (Fsp3) is 0.364. The van der Waals surface area contributed by atoms with E-state index in [1.807, 2.05) is 12.4 Å². The molecule has 2 heterocycles. The summed E-state index contributed by atoms with van der Waals surface area (Å²) in [6.45, 7) is 12.1. The van der Waals surface area contributed by atoms with E-state index in [0.29, 0.717) is 0 Å². The molecular formula is C22H26N4. The van der Waals surface area contributed by atoms with Crippen molar-refractivity contribution in [2.75, 3.05) is 0 Å². The molecule has 0 saturated carbocycles. The third-order valence-corrected chi connectivity index (χ3v) is 5.25. The van der Waals surface area contributed by atoms with Crippen molar-refractivity contribution < 1.29 is 0 Å². The van der Waals surface area contributed by atoms with Crippen LogP contribution in [0.2, 0.25) is 0 Å². The summed E-state index contributed by atoms with van der Waals surface area (Å²) in [6.07, 6.45) is 3.90. The summed E-state index contributed by atoms with van der Waals surface area (Å²) in [7, 11) is 0. The number of fused-ring (bicyclic) bond motifs is 2. The minimum Gasteiger partial charge on any atom is -0.278 e. The molecule has 4 aromatic rings. The fourth-order valence-corrected chi connectivity index (χ4v) is 3.88. The molecule has 0 amide bonds. The van der Waals surface area contributed by atoms with Crippen LogP contribution < -0.4 is 0 Å². The number of aromatic nitrogens is 4. The van der Waals surface area contributed by atoms with Gasteiger partial charge < -0.3 is 0 Å². The van der Waals surface area contributed by atoms with Gasteiger partial charge in [-0.3, -0.25) is 9.78 Å². The van der Waals surface area contributed by atoms with Crippen molar-refractivity contribution >= 4 is 21.8 Å². The van der Waals surface area contributed by atoms with Crippen molar-refractivity contribution in [1.29, 1.82) is 0 Å². The molecule has 0 radical (unpaired) electrons. The Morgan fingerprint density at radius 2 is 1.65 bits per heavy atom. The molecule has 0 fully saturated rings. The van der Waals surface area contributed by atoms with E-state index < -0.39 is 0 Å². The molecule has 2 aromatic carbocycles. The van der Waals surface area contributed by atoms with Crippen LogP contribution in [0.5, 0.6) is 0 Å². The van der Waals surface area contributed by atoms with Gasteiger partial charge >= 0.3 is 0 Å². The highest BCUT2D eigenvalue weighted by molar-refractivity contribution is 5.84. The van der Waals surface area contributed by atoms with Gasteiger partial charge in [-0.15, -0.1) is 0 Å². The number of hydrogen-bond donors (Lipinski definition) is 1. The first-order valence-corrected chi connectivity index (χ1v) is 9.15. The summed E-state index contributed by atoms with van der Waals surface area (Å²) in [5.74, 6) is 0. The summed E-state index contributed by atoms with van der Waals surface area (Å²) in [4.78, 5) is 0. The summed E-state index contributed by atoms with van der Waals surface area (Å²) in [5.41, 5.74) is 4.94. The van der Waals surface area contributed by atoms with E-state index in [9.17, 15) is 0 Å². The Balaban J connectivity index is 1.79. The van der Waals surface area contributed by atoms with E-state index in [2.05, 4.69) is 85.9 Å². The molecular weight excluding hydrogens is 320 g/mol. The number of H-pyrrole nitrogens is 1. The molecule has 0 aliphatic carbocycles. The van der Waals surface area contributed by atoms with Gasteiger partial charge in [-0.05, 0) is 22.6 Å². The molecule has 1 N–H and O–H groups in total. The maximum atomic E-state index is 4.74. The summed E-state index contributed by atoms with van der Waals surface area (Å²) in [5, 5.41) is 14.5. The van der Waals surface area contributed by atoms with Crippen LogP contribution in [0.25, 0.3) is 21.8 Å². The number of rotatable bonds is 3. The van der Waals surface area contributed by atoms with Crippen LogP contribution in [0.4, 0.5) is 0 Å². The zero-order valence-corrected chi connectivity index (χ0v) is 16.2. The Hall–Kier alpha value is -2.62. The number of nitrogens with zero attached hydrogens (tertiary/aromatic N) is 3. The smallest absolute Gasteiger partial charge is 0.0688 e. The average molecular weight is 346 g/mol. The first-order chi connectivity index (χ1) is 12.3. The van der Waals surface area contributed by atoms with Crippen LogP contribution in [0.15, 0.2) is 48.8 Å². The van der Waals surface area contributed by atoms with Gasteiger partial charge in [-0.1, -0.05) is 65.0 Å². The first-order valence-electron chi connectivity index (χ1n) is 9.15. The number of benzene rings is 2. The Bertz CT molecular complexity index is 1080. The largest absolute Gasteiger partial charge is 0.278 e. The molecule has 134 valence electrons. The summed E-state index contributed by atoms with van der Waals surface area (Å²) in [6, 6.07) is 12.9. The maximum Gasteiger partial charge on any atom is 0.0688 e. The SMILES string of the molecule is CC(C)(C)c1cccc2c1cnn2CC(C)(C)c1cccc2cn[nH]c12. The van der Waals surface area contributed by atoms with Crippen molar-refractivity contribution in [2.24, 2.45) is 0 Å². The van der Waals surface area contributed by atoms with Gasteiger partial charge in [0.2, 0.25) is 0 Å². The molecule has 0 saturated heterocycles. The van der Waals surface area contributed by atoms with Gasteiger partial charge in [-0.25, -0.2) is 0 Å². The lowest BCUT2D eigenvalue weighted by Crippen LogP contribution is -2.25. The lowest BCUT2D eigenvalue weighted by molar-refractivity contribution is 0.419. The van der Waals surface area contributed by atoms with Crippen molar-refractivity contribution in [2.45, 2.75) is 52.0 Å². The monoisotopic (exact) mass is 346 g/mol. The normalized spacial score (nSPS) is 13.0. The number of para-hydroxylation sites is 1. The lowest BCUT2D eigenvalue weighted by Gasteiger charge is -2.26. The minimum absolute atomic E-state index is 0.0806. The van der Waals surface area contributed by atoms with Gasteiger partial charge in [0.25, 0.3) is 0 Å². The van der Waals surface area contributed by atoms with Gasteiger partial charge in [-0.2, -0.15) is 10.2 Å². The van der Waals surface area contributed by atoms with Gasteiger partial charge in [0, 0.05) is 16.2 Å². The van der Waals surface area contributed by atoms with E-state index in [-0.39, 0.29) is 10.8 Å². The second-order valence-corrected chi connectivity index (χ2v) is 8.81. The van der Waals surface area contributed by atoms with Crippen molar-refractivity contribution in [3.05, 3.63) is 59.9 Å². The zero-order chi connectivity index (χ0) is 18.5. The van der Waals surface area contributed by atoms with Crippen LogP contribution >= 0.6 is 0 Å². The standard InChI is InChI=1S/C22H26N4/c1-21(2,3)17-9-7-11-19-16(17)13-24-26(19)14-22(4,5)18-10-6-8-15-12-23-25-20(15)18/h6-13H,14H2,1-5H3,(H,23,25). The highest BCUT2D eigenvalue weighted by atomic mass is 15.3. The van der Waals surface area contributed by atoms with E-state index in [4.69, 9.17) is 5.10 Å². The maximum absolute atomic E-state index is 4.74. The van der Waals surface area contributed by atoms with Crippen LogP contribution in [0.1, 0.15) is 45.7 Å². The molecule has 0 unspecified atom stereocenters. The van der Waals surface area contributed by atoms with Crippen LogP contribution in [-0.2, 0) is 17.4 Å². The minimum atomic E-state index is -0.0806. The highest BCUT2D eigenvalue weighted by Gasteiger charge is 2.26. The van der Waals surface area contributed by atoms with E-state index in [1.165, 1.54) is 22.0 Å². The molecule has 0 bridgehead atoms. The van der Waals surface area contributed by atoms with Gasteiger partial charge in [0.05, 0.1) is 30.0 Å². The second-order valence-electron chi connectivity index (χ2n) is 8.81. The van der Waals surface area contributed by atoms with E-state index in [1.54, 1.807) is 0 Å². The number of nitrogens with one attached hydrogen (secondary N) is 1. The molecule has 0 aliphatic heterocycles. The Morgan fingerprint density at radius 3 is 2.42 bits per heavy atom. The van der Waals surface area contributed by atoms with Crippen LogP contribution in [0.3, 0.4) is 0 Å². The van der Waals surface area contributed by atoms with Crippen molar-refractivity contribution in [3.8, 4) is 0 Å². The third-order valence-electron chi connectivity index (χ3n) is 5.25. The quantitative estimate of drug-likeness (QED) is 0.555. The molecule has 0 atom stereocenters. The van der Waals surface area contributed by atoms with Gasteiger partial charge in [0.1, 0.15) is 0 Å². The summed E-state index contributed by atoms with van der Waals surface area (Å²) < 4.78 is 2.14. The number of aromatic amines is 1. The lowest BCUT2D eigenvalue weighted by atomic mass is 9.83. The Morgan fingerprint density at radius 1 is 0.923 bits per heavy atom. The van der Waals surface area contributed by atoms with Crippen molar-refractivity contribution in [1.82, 2.24) is 20.0 Å². The molecule has 4 heteroatoms. The highest BCUT2D eigenvalue weighted by Crippen LogP contribution is 2.33. The first kappa shape index (κ1) is 16.8. The molecule has 4 nitrogen and oxygen atoms in total. The van der Waals surface area contributed by atoms with E-state index >= 15 is 0 Å². The van der Waals surface area contributed by atoms with Gasteiger partial charge in [0.15, 0.2) is 0 Å². The van der Waals surface area contributed by atoms with Crippen LogP contribution in [-0.4, -0.2) is 20.0 Å². The topological polar surface area (TPSA) is 46.5 Å². The number of hydrogen-bond acceptors (Lipinski definition) is 2. The summed E-state index contributed by atoms with van der Waals surface area (Å²) >= 11 is 0. The molecule has 0 spiro atoms. The van der Waals surface area contributed by atoms with E-state index in [0.717, 1.165) is 17.4 Å². The second kappa shape index (κ2) is 5.70. The molecule has 26 heavy (non-hydrogen) atoms. The predicted octanol–water partition coefficient (Wildman–Crippen LogP) is 5.19. The average Bonchev–Trinajstić information content (AvgIpc) is 3.20. The molecule has 0 aliphatic rings.